The minimum Gasteiger partial charge on any atom is -0.278 e. The van der Waals surface area contributed by atoms with E-state index in [0.29, 0.717) is 0 Å². The van der Waals surface area contributed by atoms with Gasteiger partial charge in [0.1, 0.15) is 0 Å². The van der Waals surface area contributed by atoms with E-state index in [1.807, 2.05) is 26.1 Å². The first-order valence-electron chi connectivity index (χ1n) is 4.32. The number of amides is 4. The molecule has 0 spiro atoms. The molecule has 0 aromatic carbocycles. The summed E-state index contributed by atoms with van der Waals surface area (Å²) in [5.74, 6) is -0.887. The van der Waals surface area contributed by atoms with Crippen molar-refractivity contribution in [1.29, 1.82) is 0 Å². The fraction of sp³-hybridized carbons (Fsp3) is 0.667. The Labute approximate surface area is 83.2 Å². The summed E-state index contributed by atoms with van der Waals surface area (Å²) >= 11 is 0. The molecule has 0 aliphatic carbocycles. The Morgan fingerprint density at radius 3 is 1.93 bits per heavy atom. The number of hydrogen-bond acceptors (Lipinski definition) is 3. The highest BCUT2D eigenvalue weighted by Gasteiger charge is 2.17. The monoisotopic (exact) mass is 200 g/mol. The van der Waals surface area contributed by atoms with Gasteiger partial charge >= 0.3 is 6.03 Å². The number of urea groups is 1. The molecule has 80 valence electrons. The third-order valence-electron chi connectivity index (χ3n) is 1.23. The maximum atomic E-state index is 11.2. The Kier molecular flexibility index (Phi) is 4.27. The van der Waals surface area contributed by atoms with Gasteiger partial charge in [-0.25, -0.2) is 4.79 Å². The van der Waals surface area contributed by atoms with Gasteiger partial charge in [0.05, 0.1) is 0 Å². The highest BCUT2D eigenvalue weighted by Crippen LogP contribution is 2.17. The summed E-state index contributed by atoms with van der Waals surface area (Å²) in [4.78, 5) is 32.5. The van der Waals surface area contributed by atoms with E-state index in [9.17, 15) is 14.4 Å². The summed E-state index contributed by atoms with van der Waals surface area (Å²) in [7, 11) is 0. The summed E-state index contributed by atoms with van der Waals surface area (Å²) in [6, 6.07) is -0.772. The molecule has 4 amide bonds. The van der Waals surface area contributed by atoms with Gasteiger partial charge in [-0.3, -0.25) is 20.2 Å². The van der Waals surface area contributed by atoms with Crippen molar-refractivity contribution in [1.82, 2.24) is 10.6 Å². The van der Waals surface area contributed by atoms with Gasteiger partial charge in [0, 0.05) is 13.3 Å². The van der Waals surface area contributed by atoms with Crippen molar-refractivity contribution in [2.24, 2.45) is 5.41 Å². The van der Waals surface area contributed by atoms with Gasteiger partial charge in [0.15, 0.2) is 0 Å². The van der Waals surface area contributed by atoms with Crippen LogP contribution in [-0.2, 0) is 9.59 Å². The van der Waals surface area contributed by atoms with E-state index in [2.05, 4.69) is 5.32 Å². The Balaban J connectivity index is 3.96. The van der Waals surface area contributed by atoms with Gasteiger partial charge in [-0.2, -0.15) is 0 Å². The smallest absolute Gasteiger partial charge is 0.278 e. The van der Waals surface area contributed by atoms with Crippen molar-refractivity contribution < 1.29 is 14.4 Å². The average molecular weight is 200 g/mol. The van der Waals surface area contributed by atoms with Crippen molar-refractivity contribution in [2.75, 3.05) is 0 Å². The number of carbonyl (C=O) groups excluding carboxylic acids is 3. The second-order valence-electron chi connectivity index (χ2n) is 4.30. The molecule has 5 heteroatoms. The summed E-state index contributed by atoms with van der Waals surface area (Å²) in [6.45, 7) is 6.86. The number of imide groups is 2. The summed E-state index contributed by atoms with van der Waals surface area (Å²) in [6.07, 6.45) is 0.234. The van der Waals surface area contributed by atoms with Crippen LogP contribution < -0.4 is 10.6 Å². The first-order valence-corrected chi connectivity index (χ1v) is 4.32. The predicted molar refractivity (Wildman–Crippen MR) is 51.4 cm³/mol. The lowest BCUT2D eigenvalue weighted by Gasteiger charge is -2.16. The van der Waals surface area contributed by atoms with Crippen molar-refractivity contribution in [2.45, 2.75) is 34.1 Å². The quantitative estimate of drug-likeness (QED) is 0.657. The zero-order valence-electron chi connectivity index (χ0n) is 8.93. The minimum absolute atomic E-state index is 0.180. The average Bonchev–Trinajstić information content (AvgIpc) is 1.77. The fourth-order valence-corrected chi connectivity index (χ4v) is 0.844. The van der Waals surface area contributed by atoms with Gasteiger partial charge in [-0.1, -0.05) is 20.8 Å². The summed E-state index contributed by atoms with van der Waals surface area (Å²) < 4.78 is 0. The molecule has 0 aliphatic heterocycles. The summed E-state index contributed by atoms with van der Waals surface area (Å²) in [5.41, 5.74) is -0.180. The topological polar surface area (TPSA) is 75.3 Å². The molecule has 0 saturated heterocycles. The molecular formula is C9H16N2O3. The van der Waals surface area contributed by atoms with E-state index in [-0.39, 0.29) is 11.8 Å². The van der Waals surface area contributed by atoms with Gasteiger partial charge in [-0.05, 0) is 5.41 Å². The van der Waals surface area contributed by atoms with Crippen LogP contribution in [0.5, 0.6) is 0 Å². The molecule has 5 nitrogen and oxygen atoms in total. The van der Waals surface area contributed by atoms with Crippen molar-refractivity contribution in [3.8, 4) is 0 Å². The van der Waals surface area contributed by atoms with Crippen LogP contribution in [0.3, 0.4) is 0 Å². The summed E-state index contributed by atoms with van der Waals surface area (Å²) in [5, 5.41) is 4.01. The van der Waals surface area contributed by atoms with Crippen LogP contribution in [0.1, 0.15) is 34.1 Å². The van der Waals surface area contributed by atoms with Crippen LogP contribution in [-0.4, -0.2) is 17.8 Å². The van der Waals surface area contributed by atoms with Crippen LogP contribution in [0.25, 0.3) is 0 Å². The van der Waals surface area contributed by atoms with Crippen molar-refractivity contribution in [3.05, 3.63) is 0 Å². The molecule has 0 radical (unpaired) electrons. The van der Waals surface area contributed by atoms with E-state index in [1.165, 1.54) is 6.92 Å². The fourth-order valence-electron chi connectivity index (χ4n) is 0.844. The second-order valence-corrected chi connectivity index (χ2v) is 4.30. The Morgan fingerprint density at radius 1 is 1.07 bits per heavy atom. The van der Waals surface area contributed by atoms with E-state index in [1.54, 1.807) is 0 Å². The molecule has 0 heterocycles. The molecule has 0 aromatic rings. The molecule has 0 saturated carbocycles. The maximum Gasteiger partial charge on any atom is 0.328 e. The van der Waals surface area contributed by atoms with Crippen molar-refractivity contribution in [3.63, 3.8) is 0 Å². The van der Waals surface area contributed by atoms with E-state index < -0.39 is 17.8 Å². The van der Waals surface area contributed by atoms with E-state index in [4.69, 9.17) is 0 Å². The second kappa shape index (κ2) is 4.74. The van der Waals surface area contributed by atoms with Gasteiger partial charge in [0.2, 0.25) is 11.8 Å². The Hall–Kier alpha value is -1.39. The first-order chi connectivity index (χ1) is 6.20. The SMILES string of the molecule is CC(=O)NC(=O)NC(=O)CC(C)(C)C. The van der Waals surface area contributed by atoms with Crippen LogP contribution in [0, 0.1) is 5.41 Å². The van der Waals surface area contributed by atoms with E-state index >= 15 is 0 Å². The van der Waals surface area contributed by atoms with Gasteiger partial charge < -0.3 is 0 Å². The van der Waals surface area contributed by atoms with E-state index in [0.717, 1.165) is 0 Å². The predicted octanol–water partition coefficient (Wildman–Crippen LogP) is 0.795. The third kappa shape index (κ3) is 7.27. The number of rotatable bonds is 1. The Morgan fingerprint density at radius 2 is 1.57 bits per heavy atom. The molecule has 0 aliphatic rings. The standard InChI is InChI=1S/C9H16N2O3/c1-6(12)10-8(14)11-7(13)5-9(2,3)4/h5H2,1-4H3,(H2,10,11,12,13,14). The van der Waals surface area contributed by atoms with Crippen LogP contribution >= 0.6 is 0 Å². The first kappa shape index (κ1) is 12.6. The largest absolute Gasteiger partial charge is 0.328 e. The van der Waals surface area contributed by atoms with Gasteiger partial charge in [-0.15, -0.1) is 0 Å². The maximum absolute atomic E-state index is 11.2. The molecule has 0 atom stereocenters. The van der Waals surface area contributed by atoms with Crippen LogP contribution in [0.2, 0.25) is 0 Å². The third-order valence-corrected chi connectivity index (χ3v) is 1.23. The molecule has 0 aromatic heterocycles. The zero-order valence-corrected chi connectivity index (χ0v) is 8.93. The number of carbonyl (C=O) groups is 3. The lowest BCUT2D eigenvalue weighted by molar-refractivity contribution is -0.121. The van der Waals surface area contributed by atoms with Crippen molar-refractivity contribution >= 4 is 17.8 Å². The number of nitrogens with one attached hydrogen (secondary N) is 2. The molecular weight excluding hydrogens is 184 g/mol. The zero-order chi connectivity index (χ0) is 11.4. The van der Waals surface area contributed by atoms with Crippen LogP contribution in [0.4, 0.5) is 4.79 Å². The molecule has 0 rings (SSSR count). The molecule has 0 unspecified atom stereocenters. The normalized spacial score (nSPS) is 10.6. The highest BCUT2D eigenvalue weighted by atomic mass is 16.2. The lowest BCUT2D eigenvalue weighted by Crippen LogP contribution is -2.42. The molecule has 0 bridgehead atoms. The molecule has 0 fully saturated rings. The Bertz CT molecular complexity index is 253. The van der Waals surface area contributed by atoms with Crippen LogP contribution in [0.15, 0.2) is 0 Å². The number of hydrogen-bond donors (Lipinski definition) is 2. The minimum atomic E-state index is -0.772. The molecule has 14 heavy (non-hydrogen) atoms. The lowest BCUT2D eigenvalue weighted by atomic mass is 9.92. The van der Waals surface area contributed by atoms with Gasteiger partial charge in [0.25, 0.3) is 0 Å². The molecule has 2 N–H and O–H groups in total. The highest BCUT2D eigenvalue weighted by molar-refractivity contribution is 6.01.